The van der Waals surface area contributed by atoms with E-state index in [1.165, 1.54) is 0 Å². The quantitative estimate of drug-likeness (QED) is 0.672. The molecule has 1 aliphatic heterocycles. The van der Waals surface area contributed by atoms with Crippen molar-refractivity contribution < 1.29 is 10.2 Å². The van der Waals surface area contributed by atoms with E-state index in [-0.39, 0.29) is 18.1 Å². The molecule has 29 heavy (non-hydrogen) atoms. The Morgan fingerprint density at radius 2 is 1.97 bits per heavy atom. The van der Waals surface area contributed by atoms with Crippen LogP contribution in [0.25, 0.3) is 11.2 Å². The van der Waals surface area contributed by atoms with Gasteiger partial charge in [-0.05, 0) is 18.1 Å². The molecule has 0 amide bonds. The number of aromatic nitrogens is 5. The molecule has 8 nitrogen and oxygen atoms in total. The van der Waals surface area contributed by atoms with E-state index >= 15 is 0 Å². The van der Waals surface area contributed by atoms with E-state index in [1.54, 1.807) is 4.68 Å². The van der Waals surface area contributed by atoms with Crippen molar-refractivity contribution in [2.24, 2.45) is 0 Å². The zero-order chi connectivity index (χ0) is 20.8. The van der Waals surface area contributed by atoms with E-state index in [0.717, 1.165) is 5.56 Å². The predicted molar refractivity (Wildman–Crippen MR) is 111 cm³/mol. The molecular weight excluding hydrogens is 392 g/mol. The molecule has 0 unspecified atom stereocenters. The van der Waals surface area contributed by atoms with Crippen molar-refractivity contribution in [2.75, 3.05) is 18.1 Å². The van der Waals surface area contributed by atoms with Crippen molar-refractivity contribution in [3.05, 3.63) is 40.7 Å². The molecule has 3 heterocycles. The van der Waals surface area contributed by atoms with Crippen LogP contribution in [0.2, 0.25) is 5.02 Å². The number of rotatable bonds is 4. The molecule has 9 heteroatoms. The average Bonchev–Trinajstić information content (AvgIpc) is 3.25. The van der Waals surface area contributed by atoms with E-state index in [9.17, 15) is 10.2 Å². The molecule has 0 bridgehead atoms. The second-order valence-electron chi connectivity index (χ2n) is 8.51. The Kier molecular flexibility index (Phi) is 5.18. The van der Waals surface area contributed by atoms with Gasteiger partial charge >= 0.3 is 0 Å². The lowest BCUT2D eigenvalue weighted by atomic mass is 9.95. The van der Waals surface area contributed by atoms with Crippen molar-refractivity contribution in [2.45, 2.75) is 51.3 Å². The zero-order valence-electron chi connectivity index (χ0n) is 16.7. The van der Waals surface area contributed by atoms with Gasteiger partial charge in [0.2, 0.25) is 0 Å². The number of nitrogens with zero attached hydrogens (tertiary/aromatic N) is 6. The van der Waals surface area contributed by atoms with Crippen LogP contribution in [0.5, 0.6) is 0 Å². The SMILES string of the molecule is CC(C)(C)c1nc(N2C[C@@H](O)C[C@@H]2CO)c2nnn(Cc3ccccc3Cl)c2n1. The Morgan fingerprint density at radius 3 is 2.66 bits per heavy atom. The number of benzene rings is 1. The fourth-order valence-corrected chi connectivity index (χ4v) is 3.79. The van der Waals surface area contributed by atoms with Crippen LogP contribution in [-0.4, -0.2) is 60.5 Å². The summed E-state index contributed by atoms with van der Waals surface area (Å²) in [7, 11) is 0. The van der Waals surface area contributed by atoms with Crippen LogP contribution >= 0.6 is 11.6 Å². The summed E-state index contributed by atoms with van der Waals surface area (Å²) in [6.45, 7) is 6.88. The Hall–Kier alpha value is -2.29. The van der Waals surface area contributed by atoms with E-state index in [4.69, 9.17) is 21.6 Å². The Bertz CT molecular complexity index is 1030. The van der Waals surface area contributed by atoms with Gasteiger partial charge in [0.1, 0.15) is 5.82 Å². The summed E-state index contributed by atoms with van der Waals surface area (Å²) in [5.41, 5.74) is 1.79. The van der Waals surface area contributed by atoms with E-state index < -0.39 is 6.10 Å². The Labute approximate surface area is 174 Å². The van der Waals surface area contributed by atoms with Crippen LogP contribution < -0.4 is 4.90 Å². The molecule has 0 saturated carbocycles. The molecule has 3 aromatic rings. The maximum Gasteiger partial charge on any atom is 0.184 e. The molecule has 0 spiro atoms. The van der Waals surface area contributed by atoms with E-state index in [1.807, 2.05) is 49.9 Å². The first-order chi connectivity index (χ1) is 13.8. The number of fused-ring (bicyclic) bond motifs is 1. The number of hydrogen-bond acceptors (Lipinski definition) is 7. The number of aliphatic hydroxyl groups excluding tert-OH is 2. The predicted octanol–water partition coefficient (Wildman–Crippen LogP) is 2.15. The fourth-order valence-electron chi connectivity index (χ4n) is 3.60. The molecule has 1 aromatic carbocycles. The van der Waals surface area contributed by atoms with Gasteiger partial charge in [0.25, 0.3) is 0 Å². The first-order valence-corrected chi connectivity index (χ1v) is 10.1. The highest BCUT2D eigenvalue weighted by Gasteiger charge is 2.34. The van der Waals surface area contributed by atoms with E-state index in [0.29, 0.717) is 47.3 Å². The molecule has 154 valence electrons. The minimum atomic E-state index is -0.520. The zero-order valence-corrected chi connectivity index (χ0v) is 17.5. The van der Waals surface area contributed by atoms with Crippen LogP contribution in [0.3, 0.4) is 0 Å². The molecule has 4 rings (SSSR count). The normalized spacial score (nSPS) is 20.0. The van der Waals surface area contributed by atoms with E-state index in [2.05, 4.69) is 10.3 Å². The molecule has 0 radical (unpaired) electrons. The third kappa shape index (κ3) is 3.80. The summed E-state index contributed by atoms with van der Waals surface area (Å²) in [4.78, 5) is 11.5. The van der Waals surface area contributed by atoms with Gasteiger partial charge in [0.15, 0.2) is 17.0 Å². The molecule has 2 atom stereocenters. The van der Waals surface area contributed by atoms with Crippen molar-refractivity contribution in [1.29, 1.82) is 0 Å². The summed E-state index contributed by atoms with van der Waals surface area (Å²) >= 11 is 6.33. The lowest BCUT2D eigenvalue weighted by Crippen LogP contribution is -2.34. The van der Waals surface area contributed by atoms with Crippen LogP contribution in [0.1, 0.15) is 38.6 Å². The summed E-state index contributed by atoms with van der Waals surface area (Å²) in [5, 5.41) is 29.3. The minimum Gasteiger partial charge on any atom is -0.394 e. The highest BCUT2D eigenvalue weighted by Crippen LogP contribution is 2.32. The molecule has 1 fully saturated rings. The summed E-state index contributed by atoms with van der Waals surface area (Å²) < 4.78 is 1.72. The number of halogens is 1. The van der Waals surface area contributed by atoms with Gasteiger partial charge in [-0.2, -0.15) is 0 Å². The lowest BCUT2D eigenvalue weighted by molar-refractivity contribution is 0.184. The first-order valence-electron chi connectivity index (χ1n) is 9.68. The van der Waals surface area contributed by atoms with Crippen molar-refractivity contribution >= 4 is 28.6 Å². The summed E-state index contributed by atoms with van der Waals surface area (Å²) in [6.07, 6.45) is -0.0333. The second-order valence-corrected chi connectivity index (χ2v) is 8.92. The first kappa shape index (κ1) is 20.0. The Balaban J connectivity index is 1.86. The molecule has 0 aliphatic carbocycles. The van der Waals surface area contributed by atoms with Crippen molar-refractivity contribution in [3.8, 4) is 0 Å². The highest BCUT2D eigenvalue weighted by atomic mass is 35.5. The maximum absolute atomic E-state index is 10.1. The van der Waals surface area contributed by atoms with Crippen LogP contribution in [0.15, 0.2) is 24.3 Å². The standard InChI is InChI=1S/C20H25ClN6O2/c1-20(2,3)19-22-17(26-10-14(29)8-13(26)11-28)16-18(23-19)27(25-24-16)9-12-6-4-5-7-15(12)21/h4-7,13-14,28-29H,8-11H2,1-3H3/t13-,14+/m1/s1. The molecule has 1 saturated heterocycles. The molecule has 2 N–H and O–H groups in total. The third-order valence-electron chi connectivity index (χ3n) is 5.17. The number of β-amino-alcohol motifs (C(OH)–C–C–N with tert-alkyl or cyclic N) is 1. The lowest BCUT2D eigenvalue weighted by Gasteiger charge is -2.26. The van der Waals surface area contributed by atoms with Crippen molar-refractivity contribution in [1.82, 2.24) is 25.0 Å². The minimum absolute atomic E-state index is 0.0683. The third-order valence-corrected chi connectivity index (χ3v) is 5.54. The van der Waals surface area contributed by atoms with Gasteiger partial charge in [0.05, 0.1) is 25.3 Å². The molecule has 1 aliphatic rings. The number of hydrogen-bond donors (Lipinski definition) is 2. The van der Waals surface area contributed by atoms with Crippen LogP contribution in [0.4, 0.5) is 5.82 Å². The van der Waals surface area contributed by atoms with Gasteiger partial charge in [-0.3, -0.25) is 0 Å². The molecule has 2 aromatic heterocycles. The largest absolute Gasteiger partial charge is 0.394 e. The average molecular weight is 417 g/mol. The number of anilines is 1. The van der Waals surface area contributed by atoms with Gasteiger partial charge in [-0.1, -0.05) is 55.8 Å². The van der Waals surface area contributed by atoms with Gasteiger partial charge < -0.3 is 15.1 Å². The highest BCUT2D eigenvalue weighted by molar-refractivity contribution is 6.31. The van der Waals surface area contributed by atoms with Gasteiger partial charge in [-0.15, -0.1) is 5.10 Å². The maximum atomic E-state index is 10.1. The van der Waals surface area contributed by atoms with Crippen LogP contribution in [-0.2, 0) is 12.0 Å². The van der Waals surface area contributed by atoms with Gasteiger partial charge in [-0.25, -0.2) is 14.6 Å². The number of aliphatic hydroxyl groups is 2. The van der Waals surface area contributed by atoms with Crippen molar-refractivity contribution in [3.63, 3.8) is 0 Å². The second kappa shape index (κ2) is 7.51. The fraction of sp³-hybridized carbons (Fsp3) is 0.500. The van der Waals surface area contributed by atoms with Crippen LogP contribution in [0, 0.1) is 0 Å². The summed E-state index contributed by atoms with van der Waals surface area (Å²) in [6, 6.07) is 7.38. The monoisotopic (exact) mass is 416 g/mol. The topological polar surface area (TPSA) is 100 Å². The Morgan fingerprint density at radius 1 is 1.21 bits per heavy atom. The molecular formula is C20H25ClN6O2. The van der Waals surface area contributed by atoms with Gasteiger partial charge in [0, 0.05) is 17.0 Å². The smallest absolute Gasteiger partial charge is 0.184 e. The summed E-state index contributed by atoms with van der Waals surface area (Å²) in [5.74, 6) is 1.25.